The van der Waals surface area contributed by atoms with Crippen LogP contribution in [0, 0.1) is 0 Å². The molecule has 0 saturated heterocycles. The third-order valence-corrected chi connectivity index (χ3v) is 3.31. The SMILES string of the molecule is C=Cc1cc[nH]c1-c1cccnc1-c1[nH]ccc1C=C. The lowest BCUT2D eigenvalue weighted by molar-refractivity contribution is 1.26. The molecule has 3 nitrogen and oxygen atoms in total. The molecule has 0 amide bonds. The van der Waals surface area contributed by atoms with Crippen LogP contribution in [0.15, 0.2) is 56.0 Å². The number of hydrogen-bond donors (Lipinski definition) is 2. The minimum Gasteiger partial charge on any atom is -0.361 e. The fraction of sp³-hybridized carbons (Fsp3) is 0. The van der Waals surface area contributed by atoms with Crippen LogP contribution in [0.1, 0.15) is 11.1 Å². The highest BCUT2D eigenvalue weighted by atomic mass is 14.8. The molecule has 0 aliphatic rings. The number of rotatable bonds is 4. The van der Waals surface area contributed by atoms with Gasteiger partial charge in [0, 0.05) is 29.7 Å². The van der Waals surface area contributed by atoms with Gasteiger partial charge in [0.1, 0.15) is 0 Å². The van der Waals surface area contributed by atoms with Gasteiger partial charge in [-0.05, 0) is 29.8 Å². The van der Waals surface area contributed by atoms with E-state index in [-0.39, 0.29) is 0 Å². The highest BCUT2D eigenvalue weighted by molar-refractivity contribution is 5.85. The van der Waals surface area contributed by atoms with Crippen molar-refractivity contribution in [3.63, 3.8) is 0 Å². The van der Waals surface area contributed by atoms with Crippen LogP contribution in [0.5, 0.6) is 0 Å². The summed E-state index contributed by atoms with van der Waals surface area (Å²) in [7, 11) is 0. The van der Waals surface area contributed by atoms with E-state index in [1.165, 1.54) is 0 Å². The summed E-state index contributed by atoms with van der Waals surface area (Å²) < 4.78 is 0. The Hall–Kier alpha value is -2.81. The van der Waals surface area contributed by atoms with Crippen LogP contribution in [0.2, 0.25) is 0 Å². The zero-order chi connectivity index (χ0) is 13.9. The molecule has 3 heterocycles. The van der Waals surface area contributed by atoms with E-state index in [4.69, 9.17) is 0 Å². The average molecular weight is 261 g/mol. The number of hydrogen-bond acceptors (Lipinski definition) is 1. The lowest BCUT2D eigenvalue weighted by Crippen LogP contribution is -1.92. The number of nitrogens with zero attached hydrogens (tertiary/aromatic N) is 1. The number of pyridine rings is 1. The number of aromatic amines is 2. The Labute approximate surface area is 117 Å². The Morgan fingerprint density at radius 3 is 2.25 bits per heavy atom. The van der Waals surface area contributed by atoms with Gasteiger partial charge in [-0.2, -0.15) is 0 Å². The summed E-state index contributed by atoms with van der Waals surface area (Å²) in [6, 6.07) is 7.98. The van der Waals surface area contributed by atoms with E-state index in [0.717, 1.165) is 33.8 Å². The van der Waals surface area contributed by atoms with E-state index < -0.39 is 0 Å². The van der Waals surface area contributed by atoms with Crippen LogP contribution < -0.4 is 0 Å². The van der Waals surface area contributed by atoms with Crippen molar-refractivity contribution in [2.75, 3.05) is 0 Å². The van der Waals surface area contributed by atoms with Gasteiger partial charge >= 0.3 is 0 Å². The highest BCUT2D eigenvalue weighted by Crippen LogP contribution is 2.32. The van der Waals surface area contributed by atoms with E-state index >= 15 is 0 Å². The Bertz CT molecular complexity index is 697. The predicted molar refractivity (Wildman–Crippen MR) is 84.0 cm³/mol. The summed E-state index contributed by atoms with van der Waals surface area (Å²) in [4.78, 5) is 11.0. The zero-order valence-corrected chi connectivity index (χ0v) is 11.1. The van der Waals surface area contributed by atoms with E-state index in [1.807, 2.05) is 42.7 Å². The molecule has 0 aliphatic carbocycles. The van der Waals surface area contributed by atoms with Crippen LogP contribution in [0.3, 0.4) is 0 Å². The van der Waals surface area contributed by atoms with Crippen molar-refractivity contribution in [3.8, 4) is 22.6 Å². The molecule has 0 fully saturated rings. The molecular weight excluding hydrogens is 246 g/mol. The molecule has 3 aromatic rings. The smallest absolute Gasteiger partial charge is 0.0963 e. The van der Waals surface area contributed by atoms with E-state index in [0.29, 0.717) is 0 Å². The van der Waals surface area contributed by atoms with Gasteiger partial charge in [0.15, 0.2) is 0 Å². The van der Waals surface area contributed by atoms with Crippen LogP contribution >= 0.6 is 0 Å². The zero-order valence-electron chi connectivity index (χ0n) is 11.1. The molecular formula is C17H15N3. The van der Waals surface area contributed by atoms with Gasteiger partial charge in [0.2, 0.25) is 0 Å². The molecule has 0 atom stereocenters. The highest BCUT2D eigenvalue weighted by Gasteiger charge is 2.14. The van der Waals surface area contributed by atoms with Crippen molar-refractivity contribution in [2.45, 2.75) is 0 Å². The topological polar surface area (TPSA) is 44.5 Å². The Morgan fingerprint density at radius 1 is 0.900 bits per heavy atom. The Kier molecular flexibility index (Phi) is 3.09. The van der Waals surface area contributed by atoms with Gasteiger partial charge in [-0.25, -0.2) is 0 Å². The summed E-state index contributed by atoms with van der Waals surface area (Å²) >= 11 is 0. The van der Waals surface area contributed by atoms with Gasteiger partial charge < -0.3 is 9.97 Å². The molecule has 0 aromatic carbocycles. The first-order chi connectivity index (χ1) is 9.85. The first-order valence-corrected chi connectivity index (χ1v) is 6.40. The minimum absolute atomic E-state index is 0.901. The second-order valence-electron chi connectivity index (χ2n) is 4.42. The molecule has 0 spiro atoms. The van der Waals surface area contributed by atoms with Gasteiger partial charge in [0.05, 0.1) is 17.1 Å². The second kappa shape index (κ2) is 5.05. The Morgan fingerprint density at radius 2 is 1.55 bits per heavy atom. The molecule has 20 heavy (non-hydrogen) atoms. The normalized spacial score (nSPS) is 10.4. The molecule has 98 valence electrons. The van der Waals surface area contributed by atoms with Crippen molar-refractivity contribution >= 4 is 12.2 Å². The molecule has 3 rings (SSSR count). The third kappa shape index (κ3) is 1.89. The molecule has 2 N–H and O–H groups in total. The van der Waals surface area contributed by atoms with Crippen molar-refractivity contribution in [1.29, 1.82) is 0 Å². The number of H-pyrrole nitrogens is 2. The number of aromatic nitrogens is 3. The van der Waals surface area contributed by atoms with Crippen molar-refractivity contribution in [2.24, 2.45) is 0 Å². The minimum atomic E-state index is 0.901. The van der Waals surface area contributed by atoms with Crippen LogP contribution in [0.4, 0.5) is 0 Å². The first-order valence-electron chi connectivity index (χ1n) is 6.40. The summed E-state index contributed by atoms with van der Waals surface area (Å²) in [5, 5.41) is 0. The van der Waals surface area contributed by atoms with Gasteiger partial charge in [-0.1, -0.05) is 25.3 Å². The monoisotopic (exact) mass is 261 g/mol. The lowest BCUT2D eigenvalue weighted by atomic mass is 10.0. The average Bonchev–Trinajstić information content (AvgIpc) is 3.15. The molecule has 3 aromatic heterocycles. The lowest BCUT2D eigenvalue weighted by Gasteiger charge is -2.08. The maximum Gasteiger partial charge on any atom is 0.0963 e. The van der Waals surface area contributed by atoms with Crippen molar-refractivity contribution in [3.05, 3.63) is 67.1 Å². The van der Waals surface area contributed by atoms with Gasteiger partial charge in [-0.3, -0.25) is 4.98 Å². The number of nitrogens with one attached hydrogen (secondary N) is 2. The molecule has 0 unspecified atom stereocenters. The van der Waals surface area contributed by atoms with E-state index in [9.17, 15) is 0 Å². The third-order valence-electron chi connectivity index (χ3n) is 3.31. The summed E-state index contributed by atoms with van der Waals surface area (Å²) in [6.07, 6.45) is 9.27. The molecule has 0 aliphatic heterocycles. The second-order valence-corrected chi connectivity index (χ2v) is 4.42. The quantitative estimate of drug-likeness (QED) is 0.720. The molecule has 0 bridgehead atoms. The van der Waals surface area contributed by atoms with Crippen LogP contribution in [-0.4, -0.2) is 15.0 Å². The van der Waals surface area contributed by atoms with Crippen LogP contribution in [0.25, 0.3) is 34.8 Å². The van der Waals surface area contributed by atoms with Gasteiger partial charge in [0.25, 0.3) is 0 Å². The molecule has 3 heteroatoms. The summed E-state index contributed by atoms with van der Waals surface area (Å²) in [5.41, 5.74) is 6.03. The molecule has 0 radical (unpaired) electrons. The fourth-order valence-corrected chi connectivity index (χ4v) is 2.35. The first kappa shape index (κ1) is 12.2. The standard InChI is InChI=1S/C17H15N3/c1-3-12-7-10-19-15(12)14-6-5-9-18-17(14)16-13(4-2)8-11-20-16/h3-11,19-20H,1-2H2. The molecule has 0 saturated carbocycles. The van der Waals surface area contributed by atoms with Crippen LogP contribution in [-0.2, 0) is 0 Å². The maximum atomic E-state index is 4.53. The van der Waals surface area contributed by atoms with E-state index in [2.05, 4.69) is 34.2 Å². The summed E-state index contributed by atoms with van der Waals surface area (Å²) in [5.74, 6) is 0. The Balaban J connectivity index is 2.24. The van der Waals surface area contributed by atoms with E-state index in [1.54, 1.807) is 6.20 Å². The van der Waals surface area contributed by atoms with Crippen molar-refractivity contribution in [1.82, 2.24) is 15.0 Å². The van der Waals surface area contributed by atoms with Gasteiger partial charge in [-0.15, -0.1) is 0 Å². The largest absolute Gasteiger partial charge is 0.361 e. The fourth-order valence-electron chi connectivity index (χ4n) is 2.35. The summed E-state index contributed by atoms with van der Waals surface area (Å²) in [6.45, 7) is 7.69. The van der Waals surface area contributed by atoms with Crippen molar-refractivity contribution < 1.29 is 0 Å². The predicted octanol–water partition coefficient (Wildman–Crippen LogP) is 4.36. The maximum absolute atomic E-state index is 4.53.